The predicted octanol–water partition coefficient (Wildman–Crippen LogP) is 3.60. The molecule has 2 aromatic carbocycles. The zero-order valence-electron chi connectivity index (χ0n) is 12.4. The standard InChI is InChI=1S/C18H15NO3S/c20-18(14-5-3-6-15-17(14)22-11-21-15)19-9-8-12-10-23-16-7-2-1-4-13(12)16/h1-7,10H,8-9,11H2,(H,19,20). The van der Waals surface area contributed by atoms with Crippen molar-refractivity contribution in [1.82, 2.24) is 5.32 Å². The summed E-state index contributed by atoms with van der Waals surface area (Å²) in [5, 5.41) is 6.39. The third-order valence-electron chi connectivity index (χ3n) is 3.88. The normalized spacial score (nSPS) is 12.5. The van der Waals surface area contributed by atoms with Gasteiger partial charge in [-0.1, -0.05) is 24.3 Å². The van der Waals surface area contributed by atoms with Crippen molar-refractivity contribution in [2.75, 3.05) is 13.3 Å². The van der Waals surface area contributed by atoms with Crippen LogP contribution in [-0.2, 0) is 6.42 Å². The molecule has 4 nitrogen and oxygen atoms in total. The van der Waals surface area contributed by atoms with Gasteiger partial charge in [-0.3, -0.25) is 4.79 Å². The first-order valence-electron chi connectivity index (χ1n) is 7.45. The average Bonchev–Trinajstić information content (AvgIpc) is 3.21. The molecule has 3 aromatic rings. The Bertz CT molecular complexity index is 872. The molecule has 1 amide bonds. The van der Waals surface area contributed by atoms with Crippen molar-refractivity contribution in [3.63, 3.8) is 0 Å². The molecule has 5 heteroatoms. The van der Waals surface area contributed by atoms with Crippen molar-refractivity contribution in [2.24, 2.45) is 0 Å². The van der Waals surface area contributed by atoms with Crippen LogP contribution in [0.15, 0.2) is 47.8 Å². The van der Waals surface area contributed by atoms with E-state index >= 15 is 0 Å². The molecular weight excluding hydrogens is 310 g/mol. The number of amides is 1. The lowest BCUT2D eigenvalue weighted by atomic mass is 10.1. The Balaban J connectivity index is 1.44. The molecule has 0 unspecified atom stereocenters. The van der Waals surface area contributed by atoms with Crippen LogP contribution in [0.1, 0.15) is 15.9 Å². The third kappa shape index (κ3) is 2.64. The van der Waals surface area contributed by atoms with Crippen LogP contribution in [0.25, 0.3) is 10.1 Å². The summed E-state index contributed by atoms with van der Waals surface area (Å²) in [7, 11) is 0. The van der Waals surface area contributed by atoms with Gasteiger partial charge in [0.05, 0.1) is 5.56 Å². The average molecular weight is 325 g/mol. The minimum atomic E-state index is -0.133. The van der Waals surface area contributed by atoms with Gasteiger partial charge in [0.1, 0.15) is 0 Å². The Hall–Kier alpha value is -2.53. The summed E-state index contributed by atoms with van der Waals surface area (Å²) in [5.41, 5.74) is 1.79. The number of carbonyl (C=O) groups excluding carboxylic acids is 1. The molecule has 0 saturated carbocycles. The van der Waals surface area contributed by atoms with Gasteiger partial charge in [0.15, 0.2) is 11.5 Å². The molecule has 0 spiro atoms. The van der Waals surface area contributed by atoms with Crippen molar-refractivity contribution in [3.8, 4) is 11.5 Å². The van der Waals surface area contributed by atoms with Gasteiger partial charge in [0, 0.05) is 11.2 Å². The van der Waals surface area contributed by atoms with Gasteiger partial charge in [-0.05, 0) is 40.9 Å². The van der Waals surface area contributed by atoms with Crippen LogP contribution in [0.2, 0.25) is 0 Å². The predicted molar refractivity (Wildman–Crippen MR) is 90.4 cm³/mol. The molecule has 0 saturated heterocycles. The number of hydrogen-bond acceptors (Lipinski definition) is 4. The maximum Gasteiger partial charge on any atom is 0.255 e. The molecule has 1 aromatic heterocycles. The highest BCUT2D eigenvalue weighted by Crippen LogP contribution is 2.35. The van der Waals surface area contributed by atoms with Crippen LogP contribution in [0.5, 0.6) is 11.5 Å². The Morgan fingerprint density at radius 3 is 3.00 bits per heavy atom. The van der Waals surface area contributed by atoms with Crippen molar-refractivity contribution < 1.29 is 14.3 Å². The number of nitrogens with one attached hydrogen (secondary N) is 1. The molecule has 23 heavy (non-hydrogen) atoms. The first kappa shape index (κ1) is 14.1. The molecule has 0 aliphatic carbocycles. The largest absolute Gasteiger partial charge is 0.454 e. The maximum absolute atomic E-state index is 12.4. The monoisotopic (exact) mass is 325 g/mol. The van der Waals surface area contributed by atoms with Crippen LogP contribution in [0.3, 0.4) is 0 Å². The van der Waals surface area contributed by atoms with Gasteiger partial charge >= 0.3 is 0 Å². The summed E-state index contributed by atoms with van der Waals surface area (Å²) < 4.78 is 12.0. The second kappa shape index (κ2) is 5.93. The highest BCUT2D eigenvalue weighted by Gasteiger charge is 2.21. The Labute approximate surface area is 137 Å². The van der Waals surface area contributed by atoms with Crippen LogP contribution in [0, 0.1) is 0 Å². The summed E-state index contributed by atoms with van der Waals surface area (Å²) in [6.45, 7) is 0.755. The number of benzene rings is 2. The van der Waals surface area contributed by atoms with Crippen molar-refractivity contribution >= 4 is 27.3 Å². The summed E-state index contributed by atoms with van der Waals surface area (Å²) in [6.07, 6.45) is 0.808. The number of rotatable bonds is 4. The fourth-order valence-corrected chi connectivity index (χ4v) is 3.74. The molecule has 1 N–H and O–H groups in total. The topological polar surface area (TPSA) is 47.6 Å². The van der Waals surface area contributed by atoms with E-state index < -0.39 is 0 Å². The third-order valence-corrected chi connectivity index (χ3v) is 4.89. The van der Waals surface area contributed by atoms with Gasteiger partial charge in [0.25, 0.3) is 5.91 Å². The SMILES string of the molecule is O=C(NCCc1csc2ccccc12)c1cccc2c1OCO2. The molecule has 4 rings (SSSR count). The lowest BCUT2D eigenvalue weighted by Gasteiger charge is -2.07. The lowest BCUT2D eigenvalue weighted by Crippen LogP contribution is -2.25. The van der Waals surface area contributed by atoms with Crippen LogP contribution < -0.4 is 14.8 Å². The van der Waals surface area contributed by atoms with E-state index in [4.69, 9.17) is 9.47 Å². The van der Waals surface area contributed by atoms with Gasteiger partial charge in [0.2, 0.25) is 6.79 Å². The quantitative estimate of drug-likeness (QED) is 0.797. The molecule has 116 valence electrons. The Kier molecular flexibility index (Phi) is 3.63. The van der Waals surface area contributed by atoms with E-state index in [0.29, 0.717) is 23.6 Å². The minimum Gasteiger partial charge on any atom is -0.454 e. The molecule has 0 radical (unpaired) electrons. The highest BCUT2D eigenvalue weighted by molar-refractivity contribution is 7.17. The minimum absolute atomic E-state index is 0.133. The summed E-state index contributed by atoms with van der Waals surface area (Å²) >= 11 is 1.74. The van der Waals surface area contributed by atoms with Gasteiger partial charge in [-0.15, -0.1) is 11.3 Å². The number of thiophene rings is 1. The second-order valence-corrected chi connectivity index (χ2v) is 6.21. The maximum atomic E-state index is 12.4. The van der Waals surface area contributed by atoms with E-state index in [1.165, 1.54) is 15.6 Å². The molecule has 2 heterocycles. The zero-order valence-corrected chi connectivity index (χ0v) is 13.2. The van der Waals surface area contributed by atoms with Crippen LogP contribution >= 0.6 is 11.3 Å². The van der Waals surface area contributed by atoms with Crippen molar-refractivity contribution in [3.05, 3.63) is 59.0 Å². The number of para-hydroxylation sites is 1. The number of carbonyl (C=O) groups is 1. The molecule has 1 aliphatic heterocycles. The molecule has 0 bridgehead atoms. The highest BCUT2D eigenvalue weighted by atomic mass is 32.1. The van der Waals surface area contributed by atoms with E-state index in [-0.39, 0.29) is 12.7 Å². The molecule has 0 atom stereocenters. The fraction of sp³-hybridized carbons (Fsp3) is 0.167. The fourth-order valence-electron chi connectivity index (χ4n) is 2.74. The van der Waals surface area contributed by atoms with Gasteiger partial charge in [-0.25, -0.2) is 0 Å². The van der Waals surface area contributed by atoms with Gasteiger partial charge < -0.3 is 14.8 Å². The van der Waals surface area contributed by atoms with Crippen LogP contribution in [-0.4, -0.2) is 19.2 Å². The van der Waals surface area contributed by atoms with E-state index in [2.05, 4.69) is 22.8 Å². The second-order valence-electron chi connectivity index (χ2n) is 5.30. The van der Waals surface area contributed by atoms with E-state index in [1.807, 2.05) is 12.1 Å². The number of ether oxygens (including phenoxy) is 2. The number of hydrogen-bond donors (Lipinski definition) is 1. The first-order chi connectivity index (χ1) is 11.3. The van der Waals surface area contributed by atoms with E-state index in [0.717, 1.165) is 6.42 Å². The number of fused-ring (bicyclic) bond motifs is 2. The molecular formula is C18H15NO3S. The first-order valence-corrected chi connectivity index (χ1v) is 8.33. The van der Waals surface area contributed by atoms with Crippen LogP contribution in [0.4, 0.5) is 0 Å². The zero-order chi connectivity index (χ0) is 15.6. The summed E-state index contributed by atoms with van der Waals surface area (Å²) in [5.74, 6) is 1.03. The summed E-state index contributed by atoms with van der Waals surface area (Å²) in [4.78, 5) is 12.4. The van der Waals surface area contributed by atoms with E-state index in [9.17, 15) is 4.79 Å². The van der Waals surface area contributed by atoms with Crippen molar-refractivity contribution in [2.45, 2.75) is 6.42 Å². The van der Waals surface area contributed by atoms with E-state index in [1.54, 1.807) is 29.5 Å². The van der Waals surface area contributed by atoms with Gasteiger partial charge in [-0.2, -0.15) is 0 Å². The lowest BCUT2D eigenvalue weighted by molar-refractivity contribution is 0.0949. The molecule has 1 aliphatic rings. The Morgan fingerprint density at radius 1 is 1.13 bits per heavy atom. The Morgan fingerprint density at radius 2 is 2.04 bits per heavy atom. The smallest absolute Gasteiger partial charge is 0.255 e. The van der Waals surface area contributed by atoms with Crippen molar-refractivity contribution in [1.29, 1.82) is 0 Å². The summed E-state index contributed by atoms with van der Waals surface area (Å²) in [6, 6.07) is 13.7. The molecule has 0 fully saturated rings.